The van der Waals surface area contributed by atoms with E-state index in [1.54, 1.807) is 0 Å². The van der Waals surface area contributed by atoms with Gasteiger partial charge >= 0.3 is 0 Å². The van der Waals surface area contributed by atoms with Crippen molar-refractivity contribution in [3.05, 3.63) is 114 Å². The van der Waals surface area contributed by atoms with Crippen LogP contribution < -0.4 is 4.90 Å². The second kappa shape index (κ2) is 10.1. The summed E-state index contributed by atoms with van der Waals surface area (Å²) in [5.41, 5.74) is 7.82. The standard InChI is InChI=1S/C35H34N2S2/c1-3-12-31-24(7-1)16-19-27-20-21-30-29-10-2-4-13-32(29)39-34(30)35(38-27)37(31)26-17-14-23(15-18-26)28-11-5-8-25-9-6-22-36-33(25)28/h1-3,5-10,12,14-19,22,27-30,32,34-35H,4,11,13,20-21H2/b19-16-/t27?,28?,29?,30?,32?,34-,35?/m0/s1. The maximum absolute atomic E-state index is 4.78. The monoisotopic (exact) mass is 546 g/mol. The third-order valence-corrected chi connectivity index (χ3v) is 12.9. The lowest BCUT2D eigenvalue weighted by Gasteiger charge is -2.40. The maximum Gasteiger partial charge on any atom is 0.0926 e. The summed E-state index contributed by atoms with van der Waals surface area (Å²) in [7, 11) is 0. The Kier molecular flexibility index (Phi) is 6.22. The number of hydrogen-bond donors (Lipinski definition) is 0. The maximum atomic E-state index is 4.78. The van der Waals surface area contributed by atoms with E-state index >= 15 is 0 Å². The molecule has 3 aliphatic heterocycles. The zero-order chi connectivity index (χ0) is 25.8. The van der Waals surface area contributed by atoms with Crippen LogP contribution in [-0.4, -0.2) is 26.1 Å². The second-order valence-corrected chi connectivity index (χ2v) is 14.4. The van der Waals surface area contributed by atoms with Gasteiger partial charge in [-0.2, -0.15) is 11.8 Å². The lowest BCUT2D eigenvalue weighted by Crippen LogP contribution is -2.40. The molecule has 2 aromatic carbocycles. The van der Waals surface area contributed by atoms with E-state index in [1.807, 2.05) is 12.3 Å². The van der Waals surface area contributed by atoms with Crippen molar-refractivity contribution in [1.82, 2.24) is 4.98 Å². The van der Waals surface area contributed by atoms with Gasteiger partial charge in [0.2, 0.25) is 0 Å². The van der Waals surface area contributed by atoms with Crippen LogP contribution in [-0.2, 0) is 0 Å². The van der Waals surface area contributed by atoms with Crippen LogP contribution in [0.5, 0.6) is 0 Å². The van der Waals surface area contributed by atoms with E-state index in [0.717, 1.165) is 23.5 Å². The van der Waals surface area contributed by atoms with Crippen LogP contribution in [0.4, 0.5) is 11.4 Å². The molecule has 3 aromatic rings. The van der Waals surface area contributed by atoms with Crippen LogP contribution >= 0.6 is 23.5 Å². The first-order valence-electron chi connectivity index (χ1n) is 14.6. The topological polar surface area (TPSA) is 16.1 Å². The summed E-state index contributed by atoms with van der Waals surface area (Å²) in [5, 5.41) is 2.41. The molecule has 2 nitrogen and oxygen atoms in total. The quantitative estimate of drug-likeness (QED) is 0.298. The summed E-state index contributed by atoms with van der Waals surface area (Å²) in [6, 6.07) is 22.8. The van der Waals surface area contributed by atoms with E-state index < -0.39 is 0 Å². The molecule has 0 saturated carbocycles. The molecule has 0 radical (unpaired) electrons. The molecule has 1 aromatic heterocycles. The van der Waals surface area contributed by atoms with Gasteiger partial charge in [0.15, 0.2) is 0 Å². The Labute approximate surface area is 240 Å². The molecule has 6 unspecified atom stereocenters. The van der Waals surface area contributed by atoms with Crippen molar-refractivity contribution in [3.8, 4) is 0 Å². The van der Waals surface area contributed by atoms with E-state index in [9.17, 15) is 0 Å². The van der Waals surface area contributed by atoms with Crippen LogP contribution in [0.25, 0.3) is 12.2 Å². The highest BCUT2D eigenvalue weighted by molar-refractivity contribution is 8.04. The van der Waals surface area contributed by atoms with Crippen LogP contribution in [0, 0.1) is 11.8 Å². The Morgan fingerprint density at radius 1 is 0.795 bits per heavy atom. The summed E-state index contributed by atoms with van der Waals surface area (Å²) < 4.78 is 0. The zero-order valence-electron chi connectivity index (χ0n) is 22.1. The normalized spacial score (nSPS) is 33.1. The van der Waals surface area contributed by atoms with Crippen LogP contribution in [0.1, 0.15) is 60.4 Å². The fraction of sp³-hybridized carbons (Fsp3) is 0.343. The highest BCUT2D eigenvalue weighted by Crippen LogP contribution is 2.57. The largest absolute Gasteiger partial charge is 0.327 e. The second-order valence-electron chi connectivity index (χ2n) is 11.6. The van der Waals surface area contributed by atoms with Gasteiger partial charge in [-0.1, -0.05) is 72.9 Å². The summed E-state index contributed by atoms with van der Waals surface area (Å²) >= 11 is 4.53. The van der Waals surface area contributed by atoms with Gasteiger partial charge in [0.1, 0.15) is 0 Å². The van der Waals surface area contributed by atoms with E-state index in [1.165, 1.54) is 59.4 Å². The van der Waals surface area contributed by atoms with Crippen LogP contribution in [0.3, 0.4) is 0 Å². The number of hydrogen-bond acceptors (Lipinski definition) is 4. The molecule has 0 spiro atoms. The molecule has 196 valence electrons. The fourth-order valence-corrected chi connectivity index (χ4v) is 11.4. The van der Waals surface area contributed by atoms with Crippen molar-refractivity contribution in [2.45, 2.75) is 59.1 Å². The van der Waals surface area contributed by atoms with Gasteiger partial charge in [-0.25, -0.2) is 0 Å². The number of para-hydroxylation sites is 1. The molecule has 8 rings (SSSR count). The van der Waals surface area contributed by atoms with E-state index in [0.29, 0.717) is 21.8 Å². The molecule has 2 fully saturated rings. The number of nitrogens with zero attached hydrogens (tertiary/aromatic N) is 2. The Bertz CT molecular complexity index is 1460. The van der Waals surface area contributed by atoms with Crippen molar-refractivity contribution in [3.63, 3.8) is 0 Å². The fourth-order valence-electron chi connectivity index (χ4n) is 7.54. The van der Waals surface area contributed by atoms with Crippen molar-refractivity contribution < 1.29 is 0 Å². The third kappa shape index (κ3) is 4.22. The average molecular weight is 547 g/mol. The molecule has 2 bridgehead atoms. The molecule has 4 heteroatoms. The predicted molar refractivity (Wildman–Crippen MR) is 169 cm³/mol. The summed E-state index contributed by atoms with van der Waals surface area (Å²) in [6.07, 6.45) is 22.6. The first-order chi connectivity index (χ1) is 19.3. The van der Waals surface area contributed by atoms with E-state index in [2.05, 4.69) is 119 Å². The molecule has 4 heterocycles. The van der Waals surface area contributed by atoms with Crippen LogP contribution in [0.15, 0.2) is 91.2 Å². The van der Waals surface area contributed by atoms with Crippen molar-refractivity contribution >= 4 is 47.1 Å². The van der Waals surface area contributed by atoms with Crippen LogP contribution in [0.2, 0.25) is 0 Å². The molecular formula is C35H34N2S2. The molecule has 2 saturated heterocycles. The molecule has 2 aliphatic carbocycles. The lowest BCUT2D eigenvalue weighted by atomic mass is 9.79. The van der Waals surface area contributed by atoms with E-state index in [4.69, 9.17) is 4.98 Å². The van der Waals surface area contributed by atoms with Crippen molar-refractivity contribution in [2.75, 3.05) is 4.90 Å². The predicted octanol–water partition coefficient (Wildman–Crippen LogP) is 9.08. The number of rotatable bonds is 2. The Hall–Kier alpha value is -2.69. The molecule has 0 N–H and O–H groups in total. The van der Waals surface area contributed by atoms with Gasteiger partial charge in [-0.3, -0.25) is 4.98 Å². The highest BCUT2D eigenvalue weighted by atomic mass is 32.2. The SMILES string of the molecule is C1=CC2C(CC1)S[C@H]1C2CCC2/C=C\c3ccccc3N(c3ccc(C4CC=Cc5cccnc54)cc3)C1S2. The molecule has 39 heavy (non-hydrogen) atoms. The number of thioether (sulfide) groups is 2. The van der Waals surface area contributed by atoms with Gasteiger partial charge in [-0.05, 0) is 84.9 Å². The first-order valence-corrected chi connectivity index (χ1v) is 16.5. The van der Waals surface area contributed by atoms with Gasteiger partial charge in [0, 0.05) is 39.2 Å². The third-order valence-electron chi connectivity index (χ3n) is 9.42. The molecule has 0 amide bonds. The zero-order valence-corrected chi connectivity index (χ0v) is 23.7. The number of fused-ring (bicyclic) bond motifs is 8. The molecular weight excluding hydrogens is 513 g/mol. The van der Waals surface area contributed by atoms with E-state index in [-0.39, 0.29) is 0 Å². The molecule has 7 atom stereocenters. The van der Waals surface area contributed by atoms with Crippen molar-refractivity contribution in [1.29, 1.82) is 0 Å². The summed E-state index contributed by atoms with van der Waals surface area (Å²) in [5.74, 6) is 1.83. The number of benzene rings is 2. The Morgan fingerprint density at radius 2 is 1.69 bits per heavy atom. The van der Waals surface area contributed by atoms with Crippen molar-refractivity contribution in [2.24, 2.45) is 11.8 Å². The number of pyridine rings is 1. The summed E-state index contributed by atoms with van der Waals surface area (Å²) in [4.78, 5) is 7.50. The minimum absolute atomic E-state index is 0.323. The van der Waals surface area contributed by atoms with Gasteiger partial charge in [-0.15, -0.1) is 11.8 Å². The Morgan fingerprint density at radius 3 is 2.64 bits per heavy atom. The molecule has 5 aliphatic rings. The van der Waals surface area contributed by atoms with Gasteiger partial charge < -0.3 is 4.90 Å². The number of anilines is 2. The number of allylic oxidation sites excluding steroid dienone is 3. The number of aromatic nitrogens is 1. The lowest BCUT2D eigenvalue weighted by molar-refractivity contribution is 0.358. The average Bonchev–Trinajstić information content (AvgIpc) is 3.25. The first kappa shape index (κ1) is 24.1. The van der Waals surface area contributed by atoms with Gasteiger partial charge in [0.25, 0.3) is 0 Å². The summed E-state index contributed by atoms with van der Waals surface area (Å²) in [6.45, 7) is 0. The highest BCUT2D eigenvalue weighted by Gasteiger charge is 2.50. The minimum atomic E-state index is 0.323. The van der Waals surface area contributed by atoms with Gasteiger partial charge in [0.05, 0.1) is 11.1 Å². The minimum Gasteiger partial charge on any atom is -0.327 e. The smallest absolute Gasteiger partial charge is 0.0926 e. The Balaban J connectivity index is 1.21.